The minimum atomic E-state index is -4.29. The SMILES string of the molecule is CCC(N)C(N(C)CC1CCCCO1)C(F)(F)F. The van der Waals surface area contributed by atoms with E-state index in [9.17, 15) is 13.2 Å². The van der Waals surface area contributed by atoms with Gasteiger partial charge in [0.2, 0.25) is 0 Å². The van der Waals surface area contributed by atoms with Crippen molar-refractivity contribution in [2.45, 2.75) is 57.0 Å². The summed E-state index contributed by atoms with van der Waals surface area (Å²) >= 11 is 0. The minimum absolute atomic E-state index is 0.0994. The van der Waals surface area contributed by atoms with Crippen molar-refractivity contribution in [1.29, 1.82) is 0 Å². The number of alkyl halides is 3. The van der Waals surface area contributed by atoms with E-state index in [1.807, 2.05) is 0 Å². The van der Waals surface area contributed by atoms with Gasteiger partial charge in [0.15, 0.2) is 0 Å². The van der Waals surface area contributed by atoms with Crippen LogP contribution in [0.4, 0.5) is 13.2 Å². The summed E-state index contributed by atoms with van der Waals surface area (Å²) in [4.78, 5) is 1.30. The number of halogens is 3. The van der Waals surface area contributed by atoms with Gasteiger partial charge in [0.1, 0.15) is 6.04 Å². The summed E-state index contributed by atoms with van der Waals surface area (Å²) in [5, 5.41) is 0. The van der Waals surface area contributed by atoms with Gasteiger partial charge in [-0.15, -0.1) is 0 Å². The summed E-state index contributed by atoms with van der Waals surface area (Å²) in [6.45, 7) is 2.61. The van der Waals surface area contributed by atoms with Crippen molar-refractivity contribution in [3.63, 3.8) is 0 Å². The van der Waals surface area contributed by atoms with Crippen LogP contribution in [0.5, 0.6) is 0 Å². The number of nitrogens with two attached hydrogens (primary N) is 1. The lowest BCUT2D eigenvalue weighted by Gasteiger charge is -2.36. The van der Waals surface area contributed by atoms with Gasteiger partial charge in [0.05, 0.1) is 6.10 Å². The van der Waals surface area contributed by atoms with Crippen molar-refractivity contribution in [2.75, 3.05) is 20.2 Å². The van der Waals surface area contributed by atoms with E-state index in [2.05, 4.69) is 0 Å². The number of likely N-dealkylation sites (N-methyl/N-ethyl adjacent to an activating group) is 1. The van der Waals surface area contributed by atoms with Gasteiger partial charge >= 0.3 is 6.18 Å². The molecule has 18 heavy (non-hydrogen) atoms. The summed E-state index contributed by atoms with van der Waals surface area (Å²) < 4.78 is 44.5. The van der Waals surface area contributed by atoms with Gasteiger partial charge in [-0.1, -0.05) is 6.92 Å². The van der Waals surface area contributed by atoms with E-state index in [1.54, 1.807) is 6.92 Å². The van der Waals surface area contributed by atoms with Crippen LogP contribution < -0.4 is 5.73 Å². The maximum Gasteiger partial charge on any atom is 0.405 e. The van der Waals surface area contributed by atoms with E-state index in [4.69, 9.17) is 10.5 Å². The lowest BCUT2D eigenvalue weighted by atomic mass is 10.0. The number of hydrogen-bond donors (Lipinski definition) is 1. The van der Waals surface area contributed by atoms with Crippen molar-refractivity contribution >= 4 is 0 Å². The smallest absolute Gasteiger partial charge is 0.377 e. The summed E-state index contributed by atoms with van der Waals surface area (Å²) in [7, 11) is 1.48. The molecule has 0 aromatic heterocycles. The fourth-order valence-electron chi connectivity index (χ4n) is 2.43. The van der Waals surface area contributed by atoms with Crippen LogP contribution in [0.15, 0.2) is 0 Å². The zero-order valence-corrected chi connectivity index (χ0v) is 11.0. The van der Waals surface area contributed by atoms with Crippen LogP contribution in [-0.4, -0.2) is 49.5 Å². The Morgan fingerprint density at radius 2 is 2.06 bits per heavy atom. The van der Waals surface area contributed by atoms with Crippen LogP contribution in [-0.2, 0) is 4.74 Å². The minimum Gasteiger partial charge on any atom is -0.377 e. The summed E-state index contributed by atoms with van der Waals surface area (Å²) in [6, 6.07) is -2.48. The van der Waals surface area contributed by atoms with Crippen molar-refractivity contribution in [3.05, 3.63) is 0 Å². The second-order valence-electron chi connectivity index (χ2n) is 4.99. The van der Waals surface area contributed by atoms with Crippen LogP contribution in [0.2, 0.25) is 0 Å². The first-order valence-electron chi connectivity index (χ1n) is 6.50. The maximum atomic E-state index is 13.0. The highest BCUT2D eigenvalue weighted by molar-refractivity contribution is 4.87. The van der Waals surface area contributed by atoms with Gasteiger partial charge in [0, 0.05) is 19.2 Å². The Morgan fingerprint density at radius 1 is 1.39 bits per heavy atom. The van der Waals surface area contributed by atoms with Crippen LogP contribution in [0.1, 0.15) is 32.6 Å². The van der Waals surface area contributed by atoms with Crippen molar-refractivity contribution in [2.24, 2.45) is 5.73 Å². The molecule has 0 radical (unpaired) electrons. The molecule has 2 N–H and O–H groups in total. The Hall–Kier alpha value is -0.330. The van der Waals surface area contributed by atoms with Crippen LogP contribution in [0, 0.1) is 0 Å². The summed E-state index contributed by atoms with van der Waals surface area (Å²) in [5.41, 5.74) is 5.61. The predicted molar refractivity (Wildman–Crippen MR) is 64.3 cm³/mol. The van der Waals surface area contributed by atoms with Crippen LogP contribution >= 0.6 is 0 Å². The van der Waals surface area contributed by atoms with E-state index in [-0.39, 0.29) is 12.6 Å². The molecule has 3 atom stereocenters. The van der Waals surface area contributed by atoms with Gasteiger partial charge < -0.3 is 10.5 Å². The average Bonchev–Trinajstić information content (AvgIpc) is 2.28. The first-order chi connectivity index (χ1) is 8.36. The van der Waals surface area contributed by atoms with E-state index in [0.717, 1.165) is 19.3 Å². The Bertz CT molecular complexity index is 242. The highest BCUT2D eigenvalue weighted by Crippen LogP contribution is 2.28. The molecule has 1 heterocycles. The predicted octanol–water partition coefficient (Wildman–Crippen LogP) is 2.16. The molecular weight excluding hydrogens is 245 g/mol. The fraction of sp³-hybridized carbons (Fsp3) is 1.00. The first-order valence-corrected chi connectivity index (χ1v) is 6.50. The van der Waals surface area contributed by atoms with Gasteiger partial charge in [-0.2, -0.15) is 13.2 Å². The molecule has 108 valence electrons. The molecule has 0 saturated carbocycles. The average molecular weight is 268 g/mol. The third-order valence-corrected chi connectivity index (χ3v) is 3.45. The maximum absolute atomic E-state index is 13.0. The Balaban J connectivity index is 2.60. The molecule has 3 unspecified atom stereocenters. The molecule has 0 aliphatic carbocycles. The Morgan fingerprint density at radius 3 is 2.50 bits per heavy atom. The van der Waals surface area contributed by atoms with Crippen LogP contribution in [0.25, 0.3) is 0 Å². The molecule has 1 aliphatic rings. The molecule has 1 aliphatic heterocycles. The highest BCUT2D eigenvalue weighted by Gasteiger charge is 2.45. The third kappa shape index (κ3) is 4.40. The van der Waals surface area contributed by atoms with Gasteiger partial charge in [-0.25, -0.2) is 0 Å². The van der Waals surface area contributed by atoms with E-state index in [0.29, 0.717) is 13.0 Å². The van der Waals surface area contributed by atoms with Gasteiger partial charge in [-0.05, 0) is 32.7 Å². The normalized spacial score (nSPS) is 25.2. The molecule has 1 saturated heterocycles. The molecule has 0 spiro atoms. The van der Waals surface area contributed by atoms with Crippen molar-refractivity contribution in [1.82, 2.24) is 4.90 Å². The summed E-state index contributed by atoms with van der Waals surface area (Å²) in [5.74, 6) is 0. The lowest BCUT2D eigenvalue weighted by molar-refractivity contribution is -0.190. The standard InChI is InChI=1S/C12H23F3N2O/c1-3-10(16)11(12(13,14)15)17(2)8-9-6-4-5-7-18-9/h9-11H,3-8,16H2,1-2H3. The molecule has 1 fully saturated rings. The molecule has 0 bridgehead atoms. The number of rotatable bonds is 5. The molecule has 0 aromatic carbocycles. The van der Waals surface area contributed by atoms with E-state index < -0.39 is 18.3 Å². The van der Waals surface area contributed by atoms with E-state index >= 15 is 0 Å². The van der Waals surface area contributed by atoms with Gasteiger partial charge in [0.25, 0.3) is 0 Å². The zero-order valence-electron chi connectivity index (χ0n) is 11.0. The monoisotopic (exact) mass is 268 g/mol. The Labute approximate surface area is 106 Å². The number of hydrogen-bond acceptors (Lipinski definition) is 3. The van der Waals surface area contributed by atoms with E-state index in [1.165, 1.54) is 11.9 Å². The largest absolute Gasteiger partial charge is 0.405 e. The first kappa shape index (κ1) is 15.7. The lowest BCUT2D eigenvalue weighted by Crippen LogP contribution is -2.56. The van der Waals surface area contributed by atoms with Crippen LogP contribution in [0.3, 0.4) is 0 Å². The zero-order chi connectivity index (χ0) is 13.8. The summed E-state index contributed by atoms with van der Waals surface area (Å²) in [6.07, 6.45) is -1.24. The van der Waals surface area contributed by atoms with Crippen molar-refractivity contribution in [3.8, 4) is 0 Å². The van der Waals surface area contributed by atoms with Crippen molar-refractivity contribution < 1.29 is 17.9 Å². The quantitative estimate of drug-likeness (QED) is 0.830. The molecular formula is C12H23F3N2O. The number of nitrogens with zero attached hydrogens (tertiary/aromatic N) is 1. The molecule has 0 amide bonds. The fourth-order valence-corrected chi connectivity index (χ4v) is 2.43. The molecule has 3 nitrogen and oxygen atoms in total. The highest BCUT2D eigenvalue weighted by atomic mass is 19.4. The second kappa shape index (κ2) is 6.73. The number of ether oxygens (including phenoxy) is 1. The topological polar surface area (TPSA) is 38.5 Å². The third-order valence-electron chi connectivity index (χ3n) is 3.45. The Kier molecular flexibility index (Phi) is 5.88. The van der Waals surface area contributed by atoms with Gasteiger partial charge in [-0.3, -0.25) is 4.90 Å². The molecule has 6 heteroatoms. The molecule has 1 rings (SSSR count). The molecule has 0 aromatic rings. The second-order valence-corrected chi connectivity index (χ2v) is 4.99.